The summed E-state index contributed by atoms with van der Waals surface area (Å²) in [6.45, 7) is 1.72. The third-order valence-electron chi connectivity index (χ3n) is 2.88. The Morgan fingerprint density at radius 2 is 1.71 bits per heavy atom. The lowest BCUT2D eigenvalue weighted by Crippen LogP contribution is -2.02. The fraction of sp³-hybridized carbons (Fsp3) is 0.143. The highest BCUT2D eigenvalue weighted by Crippen LogP contribution is 2.34. The molecule has 7 nitrogen and oxygen atoms in total. The predicted octanol–water partition coefficient (Wildman–Crippen LogP) is 2.72. The smallest absolute Gasteiger partial charge is 0.269 e. The van der Waals surface area contributed by atoms with Crippen LogP contribution in [0.4, 0.5) is 17.1 Å². The van der Waals surface area contributed by atoms with E-state index in [0.717, 1.165) is 0 Å². The Balaban J connectivity index is 2.27. The molecule has 0 bridgehead atoms. The van der Waals surface area contributed by atoms with Crippen LogP contribution in [0.5, 0.6) is 11.5 Å². The number of benzene rings is 2. The fourth-order valence-corrected chi connectivity index (χ4v) is 1.76. The highest BCUT2D eigenvalue weighted by Gasteiger charge is 2.03. The minimum absolute atomic E-state index is 0.0533. The van der Waals surface area contributed by atoms with Gasteiger partial charge in [-0.2, -0.15) is 10.2 Å². The van der Waals surface area contributed by atoms with Crippen molar-refractivity contribution >= 4 is 17.1 Å². The first-order valence-electron chi connectivity index (χ1n) is 6.19. The molecule has 0 N–H and O–H groups in total. The lowest BCUT2D eigenvalue weighted by molar-refractivity contribution is -0.384. The van der Waals surface area contributed by atoms with E-state index < -0.39 is 10.7 Å². The van der Waals surface area contributed by atoms with Gasteiger partial charge in [0.05, 0.1) is 16.3 Å². The average molecular weight is 285 g/mol. The van der Waals surface area contributed by atoms with Crippen LogP contribution in [0.2, 0.25) is 0 Å². The molecule has 108 valence electrons. The second kappa shape index (κ2) is 6.00. The number of hydrogen-bond acceptors (Lipinski definition) is 6. The summed E-state index contributed by atoms with van der Waals surface area (Å²) in [6.07, 6.45) is 0.332. The van der Waals surface area contributed by atoms with E-state index in [-0.39, 0.29) is 22.7 Å². The number of azo groups is 1. The van der Waals surface area contributed by atoms with E-state index in [1.165, 1.54) is 36.4 Å². The highest BCUT2D eigenvalue weighted by molar-refractivity contribution is 5.59. The van der Waals surface area contributed by atoms with Gasteiger partial charge in [0, 0.05) is 12.1 Å². The zero-order chi connectivity index (χ0) is 15.4. The van der Waals surface area contributed by atoms with E-state index >= 15 is 0 Å². The van der Waals surface area contributed by atoms with Crippen molar-refractivity contribution in [3.63, 3.8) is 0 Å². The van der Waals surface area contributed by atoms with Crippen molar-refractivity contribution in [1.82, 2.24) is 0 Å². The Morgan fingerprint density at radius 3 is 2.29 bits per heavy atom. The van der Waals surface area contributed by atoms with Gasteiger partial charge in [-0.25, -0.2) is 0 Å². The molecule has 0 radical (unpaired) electrons. The van der Waals surface area contributed by atoms with Crippen molar-refractivity contribution in [3.05, 3.63) is 52.1 Å². The van der Waals surface area contributed by atoms with E-state index in [9.17, 15) is 20.3 Å². The molecule has 0 aliphatic heterocycles. The molecule has 0 amide bonds. The van der Waals surface area contributed by atoms with Gasteiger partial charge in [-0.05, 0) is 24.6 Å². The van der Waals surface area contributed by atoms with Gasteiger partial charge >= 0.3 is 0 Å². The van der Waals surface area contributed by atoms with E-state index in [4.69, 9.17) is 0 Å². The first-order chi connectivity index (χ1) is 10.0. The van der Waals surface area contributed by atoms with Gasteiger partial charge in [-0.15, -0.1) is 5.75 Å². The van der Waals surface area contributed by atoms with Gasteiger partial charge in [0.15, 0.2) is 0 Å². The predicted molar refractivity (Wildman–Crippen MR) is 72.0 cm³/mol. The van der Waals surface area contributed by atoms with Crippen LogP contribution in [0.25, 0.3) is 0 Å². The topological polar surface area (TPSA) is 114 Å². The van der Waals surface area contributed by atoms with Crippen molar-refractivity contribution in [3.8, 4) is 11.5 Å². The Labute approximate surface area is 120 Å². The Morgan fingerprint density at radius 1 is 1.05 bits per heavy atom. The summed E-state index contributed by atoms with van der Waals surface area (Å²) in [7, 11) is 0. The van der Waals surface area contributed by atoms with Gasteiger partial charge in [0.1, 0.15) is 0 Å². The third-order valence-corrected chi connectivity index (χ3v) is 2.88. The summed E-state index contributed by atoms with van der Waals surface area (Å²) >= 11 is 0. The largest absolute Gasteiger partial charge is 0.872 e. The van der Waals surface area contributed by atoms with Crippen LogP contribution in [0.3, 0.4) is 0 Å². The minimum Gasteiger partial charge on any atom is -0.872 e. The van der Waals surface area contributed by atoms with Gasteiger partial charge in [-0.3, -0.25) is 10.1 Å². The molecule has 0 fully saturated rings. The second-order valence-electron chi connectivity index (χ2n) is 4.22. The quantitative estimate of drug-likeness (QED) is 0.488. The number of nitro groups is 1. The molecule has 2 rings (SSSR count). The molecule has 21 heavy (non-hydrogen) atoms. The molecular formula is C14H11N3O4-2. The van der Waals surface area contributed by atoms with Crippen molar-refractivity contribution in [2.45, 2.75) is 13.3 Å². The molecule has 0 atom stereocenters. The lowest BCUT2D eigenvalue weighted by atomic mass is 10.1. The number of nitrogens with zero attached hydrogens (tertiary/aromatic N) is 3. The summed E-state index contributed by atoms with van der Waals surface area (Å²) in [5, 5.41) is 41.6. The maximum atomic E-state index is 11.9. The first-order valence-corrected chi connectivity index (χ1v) is 6.19. The van der Waals surface area contributed by atoms with Crippen LogP contribution in [0.15, 0.2) is 46.6 Å². The lowest BCUT2D eigenvalue weighted by Gasteiger charge is -2.21. The van der Waals surface area contributed by atoms with Gasteiger partial charge in [0.25, 0.3) is 5.69 Å². The Bertz CT molecular complexity index is 696. The zero-order valence-electron chi connectivity index (χ0n) is 11.1. The van der Waals surface area contributed by atoms with Crippen molar-refractivity contribution < 1.29 is 15.1 Å². The highest BCUT2D eigenvalue weighted by atomic mass is 16.6. The third kappa shape index (κ3) is 3.14. The first kappa shape index (κ1) is 14.4. The molecule has 0 aliphatic carbocycles. The van der Waals surface area contributed by atoms with E-state index in [1.807, 2.05) is 0 Å². The number of nitro benzene ring substituents is 1. The van der Waals surface area contributed by atoms with Crippen LogP contribution < -0.4 is 10.2 Å². The molecule has 0 unspecified atom stereocenters. The van der Waals surface area contributed by atoms with Crippen LogP contribution in [-0.4, -0.2) is 4.92 Å². The van der Waals surface area contributed by atoms with Gasteiger partial charge in [-0.1, -0.05) is 24.3 Å². The molecule has 2 aromatic rings. The van der Waals surface area contributed by atoms with Crippen LogP contribution >= 0.6 is 0 Å². The van der Waals surface area contributed by atoms with Crippen molar-refractivity contribution in [2.24, 2.45) is 10.2 Å². The maximum absolute atomic E-state index is 11.9. The number of rotatable bonds is 4. The fourth-order valence-electron chi connectivity index (χ4n) is 1.76. The molecule has 0 heterocycles. The normalized spacial score (nSPS) is 10.9. The summed E-state index contributed by atoms with van der Waals surface area (Å²) in [5.41, 5.74) is 0.576. The van der Waals surface area contributed by atoms with E-state index in [0.29, 0.717) is 12.1 Å². The SMILES string of the molecule is CCc1c([O-])ccc(N=Nc2ccc([N+](=O)[O-])cc2)c1[O-]. The van der Waals surface area contributed by atoms with E-state index in [2.05, 4.69) is 10.2 Å². The standard InChI is InChI=1S/C14H13N3O4/c1-2-11-13(18)8-7-12(14(11)19)16-15-9-3-5-10(6-4-9)17(20)21/h3-8,18-19H,2H2,1H3/p-2. The second-order valence-corrected chi connectivity index (χ2v) is 4.22. The summed E-state index contributed by atoms with van der Waals surface area (Å²) in [5.74, 6) is -0.743. The Hall–Kier alpha value is -2.96. The molecule has 7 heteroatoms. The van der Waals surface area contributed by atoms with Crippen molar-refractivity contribution in [2.75, 3.05) is 0 Å². The van der Waals surface area contributed by atoms with Crippen LogP contribution in [0, 0.1) is 10.1 Å². The Kier molecular flexibility index (Phi) is 4.13. The molecule has 2 aromatic carbocycles. The van der Waals surface area contributed by atoms with Gasteiger partial charge < -0.3 is 10.2 Å². The summed E-state index contributed by atoms with van der Waals surface area (Å²) in [4.78, 5) is 10.0. The molecule has 0 spiro atoms. The maximum Gasteiger partial charge on any atom is 0.269 e. The van der Waals surface area contributed by atoms with Gasteiger partial charge in [0.2, 0.25) is 0 Å². The minimum atomic E-state index is -0.517. The van der Waals surface area contributed by atoms with E-state index in [1.54, 1.807) is 6.92 Å². The molecule has 0 aromatic heterocycles. The van der Waals surface area contributed by atoms with Crippen LogP contribution in [0.1, 0.15) is 12.5 Å². The van der Waals surface area contributed by atoms with Crippen molar-refractivity contribution in [1.29, 1.82) is 0 Å². The molecular weight excluding hydrogens is 274 g/mol. The summed E-state index contributed by atoms with van der Waals surface area (Å²) < 4.78 is 0. The molecule has 0 aliphatic rings. The number of non-ortho nitro benzene ring substituents is 1. The molecule has 0 saturated heterocycles. The summed E-state index contributed by atoms with van der Waals surface area (Å²) in [6, 6.07) is 8.04. The van der Waals surface area contributed by atoms with Crippen LogP contribution in [-0.2, 0) is 6.42 Å². The average Bonchev–Trinajstić information content (AvgIpc) is 2.47. The zero-order valence-corrected chi connectivity index (χ0v) is 11.1. The monoisotopic (exact) mass is 285 g/mol. The number of hydrogen-bond donors (Lipinski definition) is 0. The molecule has 0 saturated carbocycles.